The molecule has 1 aromatic carbocycles. The number of nitrogens with one attached hydrogen (secondary N) is 1. The van der Waals surface area contributed by atoms with Gasteiger partial charge in [-0.2, -0.15) is 0 Å². The molecular weight excluding hydrogens is 276 g/mol. The standard InChI is InChI=1S/C14H18N2O5/c1-9-4-3-5-11(10(9)2)20-8-14(19)21-7-13(18)16-6-12(15)17/h3-5H,6-8H2,1-2H3,(H2,15,17)(H,16,18). The Balaban J connectivity index is 2.33. The van der Waals surface area contributed by atoms with E-state index in [1.54, 1.807) is 6.07 Å². The number of esters is 1. The number of ether oxygens (including phenoxy) is 2. The highest BCUT2D eigenvalue weighted by atomic mass is 16.6. The minimum atomic E-state index is -0.676. The molecule has 21 heavy (non-hydrogen) atoms. The Labute approximate surface area is 122 Å². The largest absolute Gasteiger partial charge is 0.482 e. The molecule has 0 radical (unpaired) electrons. The summed E-state index contributed by atoms with van der Waals surface area (Å²) in [5, 5.41) is 2.20. The normalized spacial score (nSPS) is 9.81. The fourth-order valence-corrected chi connectivity index (χ4v) is 1.44. The molecule has 0 saturated carbocycles. The maximum Gasteiger partial charge on any atom is 0.344 e. The van der Waals surface area contributed by atoms with Crippen LogP contribution in [0.4, 0.5) is 0 Å². The summed E-state index contributed by atoms with van der Waals surface area (Å²) in [5.74, 6) is -1.36. The Kier molecular flexibility index (Phi) is 6.19. The van der Waals surface area contributed by atoms with E-state index in [0.29, 0.717) is 5.75 Å². The van der Waals surface area contributed by atoms with Crippen LogP contribution in [0.2, 0.25) is 0 Å². The van der Waals surface area contributed by atoms with Crippen molar-refractivity contribution in [2.24, 2.45) is 5.73 Å². The van der Waals surface area contributed by atoms with E-state index in [-0.39, 0.29) is 13.2 Å². The molecule has 0 aliphatic carbocycles. The lowest BCUT2D eigenvalue weighted by molar-refractivity contribution is -0.150. The van der Waals surface area contributed by atoms with Crippen molar-refractivity contribution in [1.29, 1.82) is 0 Å². The van der Waals surface area contributed by atoms with Crippen molar-refractivity contribution in [3.63, 3.8) is 0 Å². The van der Waals surface area contributed by atoms with Crippen LogP contribution >= 0.6 is 0 Å². The Morgan fingerprint density at radius 2 is 1.90 bits per heavy atom. The second kappa shape index (κ2) is 7.88. The fourth-order valence-electron chi connectivity index (χ4n) is 1.44. The number of benzene rings is 1. The van der Waals surface area contributed by atoms with Gasteiger partial charge in [-0.25, -0.2) is 4.79 Å². The number of amides is 2. The van der Waals surface area contributed by atoms with E-state index in [0.717, 1.165) is 11.1 Å². The summed E-state index contributed by atoms with van der Waals surface area (Å²) in [6.45, 7) is 2.74. The first-order chi connectivity index (χ1) is 9.90. The van der Waals surface area contributed by atoms with Crippen molar-refractivity contribution in [2.45, 2.75) is 13.8 Å². The molecule has 2 amide bonds. The topological polar surface area (TPSA) is 108 Å². The average Bonchev–Trinajstić information content (AvgIpc) is 2.44. The minimum absolute atomic E-state index is 0.296. The third-order valence-electron chi connectivity index (χ3n) is 2.72. The van der Waals surface area contributed by atoms with E-state index in [4.69, 9.17) is 15.2 Å². The predicted octanol–water partition coefficient (Wildman–Crippen LogP) is -0.173. The molecule has 3 N–H and O–H groups in total. The quantitative estimate of drug-likeness (QED) is 0.679. The molecule has 114 valence electrons. The molecule has 1 rings (SSSR count). The first-order valence-corrected chi connectivity index (χ1v) is 6.29. The van der Waals surface area contributed by atoms with Crippen LogP contribution in [0, 0.1) is 13.8 Å². The van der Waals surface area contributed by atoms with E-state index in [1.165, 1.54) is 0 Å². The van der Waals surface area contributed by atoms with Crippen LogP contribution in [0.25, 0.3) is 0 Å². The second-order valence-electron chi connectivity index (χ2n) is 4.39. The van der Waals surface area contributed by atoms with Gasteiger partial charge in [0.05, 0.1) is 6.54 Å². The molecule has 0 aliphatic rings. The lowest BCUT2D eigenvalue weighted by atomic mass is 10.1. The Morgan fingerprint density at radius 3 is 2.57 bits per heavy atom. The predicted molar refractivity (Wildman–Crippen MR) is 74.6 cm³/mol. The molecule has 0 heterocycles. The number of carbonyl (C=O) groups is 3. The van der Waals surface area contributed by atoms with Gasteiger partial charge in [0.25, 0.3) is 5.91 Å². The summed E-state index contributed by atoms with van der Waals surface area (Å²) < 4.78 is 10.0. The van der Waals surface area contributed by atoms with Gasteiger partial charge < -0.3 is 20.5 Å². The lowest BCUT2D eigenvalue weighted by Gasteiger charge is -2.10. The van der Waals surface area contributed by atoms with Crippen molar-refractivity contribution in [2.75, 3.05) is 19.8 Å². The van der Waals surface area contributed by atoms with Crippen molar-refractivity contribution in [3.05, 3.63) is 29.3 Å². The van der Waals surface area contributed by atoms with E-state index < -0.39 is 24.4 Å². The fraction of sp³-hybridized carbons (Fsp3) is 0.357. The maximum absolute atomic E-state index is 11.4. The SMILES string of the molecule is Cc1cccc(OCC(=O)OCC(=O)NCC(N)=O)c1C. The molecular formula is C14H18N2O5. The number of nitrogens with two attached hydrogens (primary N) is 1. The van der Waals surface area contributed by atoms with Crippen LogP contribution in [-0.4, -0.2) is 37.5 Å². The maximum atomic E-state index is 11.4. The third kappa shape index (κ3) is 5.94. The highest BCUT2D eigenvalue weighted by Gasteiger charge is 2.10. The number of aryl methyl sites for hydroxylation is 1. The number of carbonyl (C=O) groups excluding carboxylic acids is 3. The van der Waals surface area contributed by atoms with Gasteiger partial charge in [0, 0.05) is 0 Å². The Hall–Kier alpha value is -2.57. The molecule has 0 aromatic heterocycles. The van der Waals surface area contributed by atoms with Gasteiger partial charge in [0.1, 0.15) is 5.75 Å². The van der Waals surface area contributed by atoms with Gasteiger partial charge in [0.15, 0.2) is 13.2 Å². The van der Waals surface area contributed by atoms with Gasteiger partial charge in [0.2, 0.25) is 5.91 Å². The average molecular weight is 294 g/mol. The zero-order valence-electron chi connectivity index (χ0n) is 12.0. The van der Waals surface area contributed by atoms with Crippen LogP contribution in [0.1, 0.15) is 11.1 Å². The molecule has 1 aromatic rings. The smallest absolute Gasteiger partial charge is 0.344 e. The van der Waals surface area contributed by atoms with Gasteiger partial charge in [-0.3, -0.25) is 9.59 Å². The molecule has 7 nitrogen and oxygen atoms in total. The number of hydrogen-bond donors (Lipinski definition) is 2. The molecule has 0 unspecified atom stereocenters. The highest BCUT2D eigenvalue weighted by molar-refractivity contribution is 5.85. The summed E-state index contributed by atoms with van der Waals surface area (Å²) in [4.78, 5) is 33.1. The zero-order valence-corrected chi connectivity index (χ0v) is 12.0. The molecule has 0 spiro atoms. The number of rotatable bonds is 7. The molecule has 0 aliphatic heterocycles. The summed E-state index contributed by atoms with van der Waals surface area (Å²) >= 11 is 0. The summed E-state index contributed by atoms with van der Waals surface area (Å²) in [6, 6.07) is 5.50. The molecule has 7 heteroatoms. The molecule has 0 fully saturated rings. The van der Waals surface area contributed by atoms with Crippen molar-refractivity contribution >= 4 is 17.8 Å². The van der Waals surface area contributed by atoms with Gasteiger partial charge in [-0.15, -0.1) is 0 Å². The number of hydrogen-bond acceptors (Lipinski definition) is 5. The van der Waals surface area contributed by atoms with Crippen LogP contribution in [0.15, 0.2) is 18.2 Å². The lowest BCUT2D eigenvalue weighted by Crippen LogP contribution is -2.36. The molecule has 0 bridgehead atoms. The van der Waals surface area contributed by atoms with Crippen molar-refractivity contribution < 1.29 is 23.9 Å². The Morgan fingerprint density at radius 1 is 1.19 bits per heavy atom. The van der Waals surface area contributed by atoms with Crippen LogP contribution in [0.5, 0.6) is 5.75 Å². The van der Waals surface area contributed by atoms with Gasteiger partial charge in [-0.05, 0) is 31.0 Å². The summed E-state index contributed by atoms with van der Waals surface area (Å²) in [7, 11) is 0. The van der Waals surface area contributed by atoms with E-state index in [2.05, 4.69) is 5.32 Å². The van der Waals surface area contributed by atoms with Crippen molar-refractivity contribution in [3.8, 4) is 5.75 Å². The zero-order chi connectivity index (χ0) is 15.8. The number of primary amides is 1. The van der Waals surface area contributed by atoms with Gasteiger partial charge >= 0.3 is 5.97 Å². The monoisotopic (exact) mass is 294 g/mol. The molecule has 0 saturated heterocycles. The van der Waals surface area contributed by atoms with Crippen LogP contribution < -0.4 is 15.8 Å². The first-order valence-electron chi connectivity index (χ1n) is 6.29. The second-order valence-corrected chi connectivity index (χ2v) is 4.39. The summed E-state index contributed by atoms with van der Waals surface area (Å²) in [6.07, 6.45) is 0. The van der Waals surface area contributed by atoms with E-state index in [1.807, 2.05) is 26.0 Å². The first kappa shape index (κ1) is 16.5. The van der Waals surface area contributed by atoms with E-state index in [9.17, 15) is 14.4 Å². The Bertz CT molecular complexity index is 542. The third-order valence-corrected chi connectivity index (χ3v) is 2.72. The van der Waals surface area contributed by atoms with E-state index >= 15 is 0 Å². The minimum Gasteiger partial charge on any atom is -0.482 e. The molecule has 0 atom stereocenters. The highest BCUT2D eigenvalue weighted by Crippen LogP contribution is 2.20. The van der Waals surface area contributed by atoms with Gasteiger partial charge in [-0.1, -0.05) is 12.1 Å². The van der Waals surface area contributed by atoms with Crippen LogP contribution in [0.3, 0.4) is 0 Å². The van der Waals surface area contributed by atoms with Crippen molar-refractivity contribution in [1.82, 2.24) is 5.32 Å². The summed E-state index contributed by atoms with van der Waals surface area (Å²) in [5.41, 5.74) is 6.84. The van der Waals surface area contributed by atoms with Crippen LogP contribution in [-0.2, 0) is 19.1 Å².